The standard InChI is InChI=1S/C15H26N2O3/c1-15(14(19)16-2)11-17(8-9-20-15)13(18)10-12-6-4-3-5-7-12/h12H,3-11H2,1-2H3,(H,16,19)/t15-/m0/s1. The fourth-order valence-electron chi connectivity index (χ4n) is 3.25. The Hall–Kier alpha value is -1.10. The third-order valence-corrected chi connectivity index (χ3v) is 4.52. The third-order valence-electron chi connectivity index (χ3n) is 4.52. The Kier molecular flexibility index (Phi) is 5.02. The summed E-state index contributed by atoms with van der Waals surface area (Å²) in [5.41, 5.74) is -0.908. The van der Waals surface area contributed by atoms with Gasteiger partial charge in [-0.2, -0.15) is 0 Å². The van der Waals surface area contributed by atoms with Gasteiger partial charge in [0, 0.05) is 20.0 Å². The van der Waals surface area contributed by atoms with Crippen molar-refractivity contribution in [3.63, 3.8) is 0 Å². The Morgan fingerprint density at radius 1 is 1.30 bits per heavy atom. The minimum atomic E-state index is -0.908. The van der Waals surface area contributed by atoms with Crippen LogP contribution >= 0.6 is 0 Å². The van der Waals surface area contributed by atoms with Crippen molar-refractivity contribution in [3.05, 3.63) is 0 Å². The lowest BCUT2D eigenvalue weighted by atomic mass is 9.86. The van der Waals surface area contributed by atoms with Gasteiger partial charge in [-0.05, 0) is 25.7 Å². The maximum Gasteiger partial charge on any atom is 0.253 e. The van der Waals surface area contributed by atoms with Crippen molar-refractivity contribution in [3.8, 4) is 0 Å². The Morgan fingerprint density at radius 2 is 2.00 bits per heavy atom. The summed E-state index contributed by atoms with van der Waals surface area (Å²) in [6, 6.07) is 0. The first-order chi connectivity index (χ1) is 9.55. The predicted molar refractivity (Wildman–Crippen MR) is 76.2 cm³/mol. The molecule has 1 atom stereocenters. The van der Waals surface area contributed by atoms with Crippen LogP contribution in [0.2, 0.25) is 0 Å². The molecule has 2 rings (SSSR count). The van der Waals surface area contributed by atoms with Crippen LogP contribution in [0.25, 0.3) is 0 Å². The molecular formula is C15H26N2O3. The maximum atomic E-state index is 12.4. The van der Waals surface area contributed by atoms with Crippen molar-refractivity contribution in [2.24, 2.45) is 5.92 Å². The molecule has 20 heavy (non-hydrogen) atoms. The fourth-order valence-corrected chi connectivity index (χ4v) is 3.25. The van der Waals surface area contributed by atoms with Gasteiger partial charge in [0.2, 0.25) is 5.91 Å². The SMILES string of the molecule is CNC(=O)[C@]1(C)CN(C(=O)CC2CCCCC2)CCO1. The smallest absolute Gasteiger partial charge is 0.253 e. The quantitative estimate of drug-likeness (QED) is 0.849. The number of hydrogen-bond donors (Lipinski definition) is 1. The maximum absolute atomic E-state index is 12.4. The van der Waals surface area contributed by atoms with Crippen molar-refractivity contribution < 1.29 is 14.3 Å². The van der Waals surface area contributed by atoms with Crippen LogP contribution in [0, 0.1) is 5.92 Å². The number of nitrogens with zero attached hydrogens (tertiary/aromatic N) is 1. The summed E-state index contributed by atoms with van der Waals surface area (Å²) in [6.45, 7) is 3.14. The highest BCUT2D eigenvalue weighted by molar-refractivity contribution is 5.86. The summed E-state index contributed by atoms with van der Waals surface area (Å²) in [5.74, 6) is 0.549. The summed E-state index contributed by atoms with van der Waals surface area (Å²) in [4.78, 5) is 26.1. The van der Waals surface area contributed by atoms with Gasteiger partial charge in [-0.3, -0.25) is 9.59 Å². The van der Waals surface area contributed by atoms with Crippen LogP contribution in [0.3, 0.4) is 0 Å². The highest BCUT2D eigenvalue weighted by Crippen LogP contribution is 2.27. The second-order valence-corrected chi connectivity index (χ2v) is 6.18. The Labute approximate surface area is 121 Å². The summed E-state index contributed by atoms with van der Waals surface area (Å²) in [7, 11) is 1.60. The van der Waals surface area contributed by atoms with Gasteiger partial charge >= 0.3 is 0 Å². The lowest BCUT2D eigenvalue weighted by Gasteiger charge is -2.39. The predicted octanol–water partition coefficient (Wildman–Crippen LogP) is 1.32. The molecule has 1 N–H and O–H groups in total. The minimum Gasteiger partial charge on any atom is -0.362 e. The van der Waals surface area contributed by atoms with E-state index in [4.69, 9.17) is 4.74 Å². The van der Waals surface area contributed by atoms with E-state index in [9.17, 15) is 9.59 Å². The zero-order chi connectivity index (χ0) is 14.6. The Morgan fingerprint density at radius 3 is 2.65 bits per heavy atom. The molecule has 5 nitrogen and oxygen atoms in total. The van der Waals surface area contributed by atoms with Gasteiger partial charge in [0.1, 0.15) is 0 Å². The van der Waals surface area contributed by atoms with E-state index < -0.39 is 5.60 Å². The van der Waals surface area contributed by atoms with E-state index in [1.54, 1.807) is 18.9 Å². The van der Waals surface area contributed by atoms with Crippen molar-refractivity contribution >= 4 is 11.8 Å². The molecule has 0 aromatic heterocycles. The molecule has 2 amide bonds. The molecular weight excluding hydrogens is 256 g/mol. The number of carbonyl (C=O) groups excluding carboxylic acids is 2. The molecule has 1 saturated heterocycles. The number of ether oxygens (including phenoxy) is 1. The average Bonchev–Trinajstić information content (AvgIpc) is 2.47. The number of nitrogens with one attached hydrogen (secondary N) is 1. The number of amides is 2. The van der Waals surface area contributed by atoms with E-state index in [1.165, 1.54) is 32.1 Å². The van der Waals surface area contributed by atoms with Crippen LogP contribution < -0.4 is 5.32 Å². The molecule has 2 fully saturated rings. The van der Waals surface area contributed by atoms with Crippen LogP contribution in [-0.4, -0.2) is 49.1 Å². The number of morpholine rings is 1. The Bertz CT molecular complexity index is 366. The topological polar surface area (TPSA) is 58.6 Å². The van der Waals surface area contributed by atoms with E-state index >= 15 is 0 Å². The molecule has 0 radical (unpaired) electrons. The van der Waals surface area contributed by atoms with Gasteiger partial charge < -0.3 is 15.0 Å². The average molecular weight is 282 g/mol. The van der Waals surface area contributed by atoms with E-state index in [0.29, 0.717) is 32.0 Å². The van der Waals surface area contributed by atoms with Crippen LogP contribution in [0.1, 0.15) is 45.4 Å². The molecule has 1 heterocycles. The van der Waals surface area contributed by atoms with Crippen molar-refractivity contribution in [2.45, 2.75) is 51.0 Å². The van der Waals surface area contributed by atoms with Crippen LogP contribution in [0.15, 0.2) is 0 Å². The van der Waals surface area contributed by atoms with Gasteiger partial charge in [0.05, 0.1) is 13.2 Å². The highest BCUT2D eigenvalue weighted by atomic mass is 16.5. The van der Waals surface area contributed by atoms with Crippen LogP contribution in [0.5, 0.6) is 0 Å². The molecule has 114 valence electrons. The molecule has 0 unspecified atom stereocenters. The van der Waals surface area contributed by atoms with E-state index in [1.807, 2.05) is 0 Å². The van der Waals surface area contributed by atoms with Gasteiger partial charge in [-0.15, -0.1) is 0 Å². The Balaban J connectivity index is 1.90. The third kappa shape index (κ3) is 3.51. The molecule has 5 heteroatoms. The first-order valence-corrected chi connectivity index (χ1v) is 7.69. The van der Waals surface area contributed by atoms with Gasteiger partial charge in [-0.25, -0.2) is 0 Å². The molecule has 0 spiro atoms. The van der Waals surface area contributed by atoms with E-state index in [-0.39, 0.29) is 11.8 Å². The first kappa shape index (κ1) is 15.3. The molecule has 1 aliphatic heterocycles. The summed E-state index contributed by atoms with van der Waals surface area (Å²) in [5, 5.41) is 2.61. The van der Waals surface area contributed by atoms with E-state index in [0.717, 1.165) is 0 Å². The molecule has 0 aromatic rings. The minimum absolute atomic E-state index is 0.160. The van der Waals surface area contributed by atoms with Gasteiger partial charge in [-0.1, -0.05) is 19.3 Å². The van der Waals surface area contributed by atoms with Gasteiger partial charge in [0.15, 0.2) is 5.60 Å². The summed E-state index contributed by atoms with van der Waals surface area (Å²) >= 11 is 0. The fraction of sp³-hybridized carbons (Fsp3) is 0.867. The number of rotatable bonds is 3. The molecule has 1 aliphatic carbocycles. The summed E-state index contributed by atoms with van der Waals surface area (Å²) in [6.07, 6.45) is 6.76. The number of likely N-dealkylation sites (N-methyl/N-ethyl adjacent to an activating group) is 1. The van der Waals surface area contributed by atoms with Crippen molar-refractivity contribution in [1.82, 2.24) is 10.2 Å². The molecule has 2 aliphatic rings. The van der Waals surface area contributed by atoms with E-state index in [2.05, 4.69) is 5.32 Å². The molecule has 0 bridgehead atoms. The van der Waals surface area contributed by atoms with Crippen LogP contribution in [-0.2, 0) is 14.3 Å². The lowest BCUT2D eigenvalue weighted by molar-refractivity contribution is -0.162. The zero-order valence-corrected chi connectivity index (χ0v) is 12.6. The highest BCUT2D eigenvalue weighted by Gasteiger charge is 2.40. The van der Waals surface area contributed by atoms with Crippen LogP contribution in [0.4, 0.5) is 0 Å². The second-order valence-electron chi connectivity index (χ2n) is 6.18. The van der Waals surface area contributed by atoms with Gasteiger partial charge in [0.25, 0.3) is 5.91 Å². The monoisotopic (exact) mass is 282 g/mol. The first-order valence-electron chi connectivity index (χ1n) is 7.69. The second kappa shape index (κ2) is 6.57. The number of carbonyl (C=O) groups is 2. The molecule has 0 aromatic carbocycles. The van der Waals surface area contributed by atoms with Crippen molar-refractivity contribution in [1.29, 1.82) is 0 Å². The van der Waals surface area contributed by atoms with Crippen molar-refractivity contribution in [2.75, 3.05) is 26.7 Å². The normalized spacial score (nSPS) is 28.2. The zero-order valence-electron chi connectivity index (χ0n) is 12.6. The largest absolute Gasteiger partial charge is 0.362 e. The summed E-state index contributed by atoms with van der Waals surface area (Å²) < 4.78 is 5.58. The molecule has 1 saturated carbocycles. The number of hydrogen-bond acceptors (Lipinski definition) is 3. The lowest BCUT2D eigenvalue weighted by Crippen LogP contribution is -2.59.